The van der Waals surface area contributed by atoms with Crippen molar-refractivity contribution >= 4 is 16.0 Å². The summed E-state index contributed by atoms with van der Waals surface area (Å²) in [4.78, 5) is 10.9. The van der Waals surface area contributed by atoms with Crippen LogP contribution in [0.2, 0.25) is 0 Å². The molecule has 2 heterocycles. The van der Waals surface area contributed by atoms with Crippen molar-refractivity contribution in [2.45, 2.75) is 26.2 Å². The number of rotatable bonds is 5. The maximum absolute atomic E-state index is 12.1. The maximum Gasteiger partial charge on any atom is 0.281 e. The summed E-state index contributed by atoms with van der Waals surface area (Å²) in [6.07, 6.45) is 2.61. The molecule has 2 rings (SSSR count). The molecule has 0 aromatic carbocycles. The van der Waals surface area contributed by atoms with Gasteiger partial charge in [0.05, 0.1) is 0 Å². The molecule has 1 saturated heterocycles. The van der Waals surface area contributed by atoms with Crippen molar-refractivity contribution in [1.29, 1.82) is 0 Å². The average molecular weight is 341 g/mol. The molecule has 130 valence electrons. The zero-order valence-electron chi connectivity index (χ0n) is 14.7. The summed E-state index contributed by atoms with van der Waals surface area (Å²) >= 11 is 0. The zero-order valence-corrected chi connectivity index (χ0v) is 15.5. The molecule has 1 fully saturated rings. The van der Waals surface area contributed by atoms with Crippen LogP contribution in [-0.2, 0) is 16.6 Å². The highest BCUT2D eigenvalue weighted by Gasteiger charge is 2.29. The number of anilines is 1. The van der Waals surface area contributed by atoms with Gasteiger partial charge in [-0.15, -0.1) is 0 Å². The standard InChI is InChI=1S/C15H27N5O2S/c1-12-16-14(11-15(17-12)18(2)3)10-13-6-8-20(9-7-13)23(21,22)19(4)5/h11,13H,6-10H2,1-5H3. The fourth-order valence-electron chi connectivity index (χ4n) is 2.82. The SMILES string of the molecule is Cc1nc(CC2CCN(S(=O)(=O)N(C)C)CC2)cc(N(C)C)n1. The van der Waals surface area contributed by atoms with Gasteiger partial charge in [0.25, 0.3) is 10.2 Å². The van der Waals surface area contributed by atoms with E-state index in [0.717, 1.165) is 36.6 Å². The number of hydrogen-bond donors (Lipinski definition) is 0. The first-order valence-corrected chi connectivity index (χ1v) is 9.29. The smallest absolute Gasteiger partial charge is 0.281 e. The number of aryl methyl sites for hydroxylation is 1. The normalized spacial score (nSPS) is 17.7. The van der Waals surface area contributed by atoms with Gasteiger partial charge in [-0.05, 0) is 32.1 Å². The summed E-state index contributed by atoms with van der Waals surface area (Å²) in [5, 5.41) is 0. The van der Waals surface area contributed by atoms with Gasteiger partial charge < -0.3 is 4.90 Å². The molecule has 1 aromatic heterocycles. The van der Waals surface area contributed by atoms with Crippen LogP contribution in [-0.4, -0.2) is 68.3 Å². The maximum atomic E-state index is 12.1. The van der Waals surface area contributed by atoms with Crippen LogP contribution < -0.4 is 4.90 Å². The lowest BCUT2D eigenvalue weighted by molar-refractivity contribution is 0.261. The van der Waals surface area contributed by atoms with E-state index in [2.05, 4.69) is 9.97 Å². The Hall–Kier alpha value is -1.25. The van der Waals surface area contributed by atoms with Gasteiger partial charge in [-0.2, -0.15) is 17.0 Å². The van der Waals surface area contributed by atoms with Crippen LogP contribution in [0.4, 0.5) is 5.82 Å². The van der Waals surface area contributed by atoms with Gasteiger partial charge in [0.1, 0.15) is 11.6 Å². The van der Waals surface area contributed by atoms with E-state index in [1.54, 1.807) is 18.4 Å². The van der Waals surface area contributed by atoms with Crippen molar-refractivity contribution in [2.24, 2.45) is 5.92 Å². The minimum atomic E-state index is -3.29. The van der Waals surface area contributed by atoms with E-state index in [1.807, 2.05) is 32.0 Å². The molecule has 1 aliphatic heterocycles. The van der Waals surface area contributed by atoms with Crippen molar-refractivity contribution in [3.63, 3.8) is 0 Å². The molecular weight excluding hydrogens is 314 g/mol. The molecule has 0 saturated carbocycles. The zero-order chi connectivity index (χ0) is 17.2. The monoisotopic (exact) mass is 341 g/mol. The highest BCUT2D eigenvalue weighted by atomic mass is 32.2. The van der Waals surface area contributed by atoms with Crippen LogP contribution in [0.3, 0.4) is 0 Å². The number of piperidine rings is 1. The Labute approximate surface area is 139 Å². The molecule has 1 aliphatic rings. The first-order valence-electron chi connectivity index (χ1n) is 7.89. The molecule has 0 unspecified atom stereocenters. The van der Waals surface area contributed by atoms with E-state index in [1.165, 1.54) is 4.31 Å². The van der Waals surface area contributed by atoms with Crippen LogP contribution in [0.5, 0.6) is 0 Å². The first kappa shape index (κ1) is 18.1. The Morgan fingerprint density at radius 1 is 1.17 bits per heavy atom. The molecular formula is C15H27N5O2S. The van der Waals surface area contributed by atoms with Crippen molar-refractivity contribution < 1.29 is 8.42 Å². The largest absolute Gasteiger partial charge is 0.363 e. The lowest BCUT2D eigenvalue weighted by atomic mass is 9.93. The van der Waals surface area contributed by atoms with Crippen molar-refractivity contribution in [3.05, 3.63) is 17.6 Å². The van der Waals surface area contributed by atoms with Crippen LogP contribution in [0.1, 0.15) is 24.4 Å². The fraction of sp³-hybridized carbons (Fsp3) is 0.733. The summed E-state index contributed by atoms with van der Waals surface area (Å²) in [5.41, 5.74) is 1.04. The van der Waals surface area contributed by atoms with E-state index < -0.39 is 10.2 Å². The molecule has 7 nitrogen and oxygen atoms in total. The molecule has 0 N–H and O–H groups in total. The second kappa shape index (κ2) is 7.11. The van der Waals surface area contributed by atoms with Crippen molar-refractivity contribution in [3.8, 4) is 0 Å². The lowest BCUT2D eigenvalue weighted by Gasteiger charge is -2.32. The number of nitrogens with zero attached hydrogens (tertiary/aromatic N) is 5. The van der Waals surface area contributed by atoms with E-state index in [-0.39, 0.29) is 0 Å². The fourth-order valence-corrected chi connectivity index (χ4v) is 3.95. The predicted molar refractivity (Wildman–Crippen MR) is 91.7 cm³/mol. The third kappa shape index (κ3) is 4.39. The van der Waals surface area contributed by atoms with Crippen molar-refractivity contribution in [2.75, 3.05) is 46.2 Å². The Kier molecular flexibility index (Phi) is 5.59. The summed E-state index contributed by atoms with van der Waals surface area (Å²) < 4.78 is 27.1. The quantitative estimate of drug-likeness (QED) is 0.796. The van der Waals surface area contributed by atoms with Gasteiger partial charge in [-0.3, -0.25) is 0 Å². The molecule has 8 heteroatoms. The van der Waals surface area contributed by atoms with Crippen LogP contribution in [0.15, 0.2) is 6.07 Å². The molecule has 23 heavy (non-hydrogen) atoms. The Morgan fingerprint density at radius 2 is 1.78 bits per heavy atom. The molecule has 1 aromatic rings. The van der Waals surface area contributed by atoms with Gasteiger partial charge in [0, 0.05) is 53.0 Å². The average Bonchev–Trinajstić information content (AvgIpc) is 2.47. The van der Waals surface area contributed by atoms with E-state index in [0.29, 0.717) is 19.0 Å². The van der Waals surface area contributed by atoms with Gasteiger partial charge in [-0.25, -0.2) is 9.97 Å². The second-order valence-electron chi connectivity index (χ2n) is 6.50. The Balaban J connectivity index is 2.00. The van der Waals surface area contributed by atoms with Crippen LogP contribution >= 0.6 is 0 Å². The van der Waals surface area contributed by atoms with E-state index in [4.69, 9.17) is 0 Å². The van der Waals surface area contributed by atoms with Crippen LogP contribution in [0.25, 0.3) is 0 Å². The molecule has 0 aliphatic carbocycles. The molecule has 0 amide bonds. The Morgan fingerprint density at radius 3 is 2.30 bits per heavy atom. The van der Waals surface area contributed by atoms with E-state index >= 15 is 0 Å². The first-order chi connectivity index (χ1) is 10.7. The molecule has 0 bridgehead atoms. The van der Waals surface area contributed by atoms with Gasteiger partial charge >= 0.3 is 0 Å². The minimum absolute atomic E-state index is 0.466. The minimum Gasteiger partial charge on any atom is -0.363 e. The predicted octanol–water partition coefficient (Wildman–Crippen LogP) is 0.912. The van der Waals surface area contributed by atoms with Gasteiger partial charge in [-0.1, -0.05) is 0 Å². The molecule has 0 atom stereocenters. The third-order valence-corrected chi connectivity index (χ3v) is 6.14. The van der Waals surface area contributed by atoms with Gasteiger partial charge in [0.2, 0.25) is 0 Å². The second-order valence-corrected chi connectivity index (χ2v) is 8.64. The Bertz CT molecular complexity index is 637. The third-order valence-electron chi connectivity index (χ3n) is 4.19. The number of hydrogen-bond acceptors (Lipinski definition) is 5. The van der Waals surface area contributed by atoms with Crippen molar-refractivity contribution in [1.82, 2.24) is 18.6 Å². The highest BCUT2D eigenvalue weighted by Crippen LogP contribution is 2.24. The molecule has 0 spiro atoms. The summed E-state index contributed by atoms with van der Waals surface area (Å²) in [5.74, 6) is 2.16. The van der Waals surface area contributed by atoms with Gasteiger partial charge in [0.15, 0.2) is 0 Å². The lowest BCUT2D eigenvalue weighted by Crippen LogP contribution is -2.44. The summed E-state index contributed by atoms with van der Waals surface area (Å²) in [7, 11) is 3.80. The molecule has 0 radical (unpaired) electrons. The van der Waals surface area contributed by atoms with Crippen LogP contribution in [0, 0.1) is 12.8 Å². The topological polar surface area (TPSA) is 69.6 Å². The highest BCUT2D eigenvalue weighted by molar-refractivity contribution is 7.86. The summed E-state index contributed by atoms with van der Waals surface area (Å²) in [6.45, 7) is 3.06. The van der Waals surface area contributed by atoms with E-state index in [9.17, 15) is 8.42 Å². The number of aromatic nitrogens is 2. The summed E-state index contributed by atoms with van der Waals surface area (Å²) in [6, 6.07) is 2.02.